The predicted octanol–water partition coefficient (Wildman–Crippen LogP) is 2.80. The van der Waals surface area contributed by atoms with Crippen molar-refractivity contribution >= 4 is 29.7 Å². The van der Waals surface area contributed by atoms with Gasteiger partial charge in [0.15, 0.2) is 6.29 Å². The van der Waals surface area contributed by atoms with Gasteiger partial charge in [0.1, 0.15) is 19.2 Å². The second kappa shape index (κ2) is 18.8. The number of carbonyl (C=O) groups is 3. The number of carbonyl (C=O) groups excluding carboxylic acids is 3. The Bertz CT molecular complexity index is 794. The molecule has 0 aliphatic heterocycles. The Kier molecular flexibility index (Phi) is 16.6. The zero-order valence-corrected chi connectivity index (χ0v) is 23.7. The van der Waals surface area contributed by atoms with Crippen LogP contribution in [0.1, 0.15) is 39.2 Å². The molecular formula is C26H43N3O7S. The van der Waals surface area contributed by atoms with Crippen molar-refractivity contribution in [2.24, 2.45) is 0 Å². The van der Waals surface area contributed by atoms with E-state index in [1.807, 2.05) is 51.1 Å². The highest BCUT2D eigenvalue weighted by molar-refractivity contribution is 7.99. The van der Waals surface area contributed by atoms with E-state index in [-0.39, 0.29) is 43.7 Å². The number of hydrogen-bond acceptors (Lipinski definition) is 8. The highest BCUT2D eigenvalue weighted by atomic mass is 32.2. The Labute approximate surface area is 225 Å². The van der Waals surface area contributed by atoms with Crippen LogP contribution in [0.3, 0.4) is 0 Å². The Morgan fingerprint density at radius 1 is 1.00 bits per heavy atom. The molecule has 0 saturated heterocycles. The lowest BCUT2D eigenvalue weighted by atomic mass is 10.1. The highest BCUT2D eigenvalue weighted by Gasteiger charge is 2.32. The van der Waals surface area contributed by atoms with Crippen molar-refractivity contribution in [3.63, 3.8) is 0 Å². The number of alkyl carbamates (subject to hydrolysis) is 1. The summed E-state index contributed by atoms with van der Waals surface area (Å²) >= 11 is 1.70. The van der Waals surface area contributed by atoms with Gasteiger partial charge in [0.05, 0.1) is 6.10 Å². The molecule has 10 nitrogen and oxygen atoms in total. The van der Waals surface area contributed by atoms with E-state index in [1.54, 1.807) is 33.1 Å². The van der Waals surface area contributed by atoms with Gasteiger partial charge in [0.25, 0.3) is 0 Å². The summed E-state index contributed by atoms with van der Waals surface area (Å²) in [5.41, 5.74) is 0.842. The second-order valence-electron chi connectivity index (χ2n) is 8.55. The topological polar surface area (TPSA) is 115 Å². The Hall–Kier alpha value is -2.34. The van der Waals surface area contributed by atoms with E-state index < -0.39 is 18.4 Å². The molecule has 1 aromatic rings. The minimum atomic E-state index is -0.702. The Balaban J connectivity index is 2.80. The molecule has 0 aromatic heterocycles. The fourth-order valence-corrected chi connectivity index (χ4v) is 4.35. The summed E-state index contributed by atoms with van der Waals surface area (Å²) in [6.45, 7) is 5.79. The van der Waals surface area contributed by atoms with Crippen LogP contribution in [0.2, 0.25) is 0 Å². The molecule has 0 spiro atoms. The van der Waals surface area contributed by atoms with Crippen LogP contribution in [0.4, 0.5) is 4.79 Å². The number of amides is 3. The molecule has 1 aromatic carbocycles. The summed E-state index contributed by atoms with van der Waals surface area (Å²) in [5, 5.41) is 5.42. The molecular weight excluding hydrogens is 498 g/mol. The van der Waals surface area contributed by atoms with Crippen LogP contribution in [0, 0.1) is 0 Å². The van der Waals surface area contributed by atoms with Crippen molar-refractivity contribution in [1.29, 1.82) is 0 Å². The van der Waals surface area contributed by atoms with Crippen LogP contribution in [-0.4, -0.2) is 93.2 Å². The first-order chi connectivity index (χ1) is 17.8. The first kappa shape index (κ1) is 32.7. The van der Waals surface area contributed by atoms with Crippen molar-refractivity contribution < 1.29 is 33.3 Å². The smallest absolute Gasteiger partial charge is 0.407 e. The monoisotopic (exact) mass is 541 g/mol. The minimum absolute atomic E-state index is 0.0989. The molecule has 0 heterocycles. The molecule has 2 N–H and O–H groups in total. The quantitative estimate of drug-likeness (QED) is 0.215. The highest BCUT2D eigenvalue weighted by Crippen LogP contribution is 2.15. The summed E-state index contributed by atoms with van der Waals surface area (Å²) in [5.74, 6) is 0.968. The minimum Gasteiger partial charge on any atom is -0.445 e. The second-order valence-corrected chi connectivity index (χ2v) is 9.94. The summed E-state index contributed by atoms with van der Waals surface area (Å²) in [4.78, 5) is 40.1. The summed E-state index contributed by atoms with van der Waals surface area (Å²) < 4.78 is 21.1. The molecule has 0 bridgehead atoms. The third-order valence-corrected chi connectivity index (χ3v) is 6.57. The molecule has 1 rings (SSSR count). The van der Waals surface area contributed by atoms with Gasteiger partial charge < -0.3 is 34.5 Å². The number of hydrogen-bond donors (Lipinski definition) is 2. The van der Waals surface area contributed by atoms with Crippen LogP contribution in [0.5, 0.6) is 0 Å². The molecule has 0 fully saturated rings. The Morgan fingerprint density at radius 3 is 2.24 bits per heavy atom. The fourth-order valence-electron chi connectivity index (χ4n) is 3.67. The van der Waals surface area contributed by atoms with E-state index in [0.717, 1.165) is 11.3 Å². The van der Waals surface area contributed by atoms with E-state index in [9.17, 15) is 14.4 Å². The number of nitrogens with one attached hydrogen (secondary N) is 2. The molecule has 0 radical (unpaired) electrons. The molecule has 11 heteroatoms. The lowest BCUT2D eigenvalue weighted by Gasteiger charge is -2.34. The zero-order valence-electron chi connectivity index (χ0n) is 22.9. The van der Waals surface area contributed by atoms with Crippen LogP contribution in [-0.2, 0) is 35.1 Å². The lowest BCUT2D eigenvalue weighted by Crippen LogP contribution is -2.55. The molecule has 0 aliphatic rings. The predicted molar refractivity (Wildman–Crippen MR) is 144 cm³/mol. The lowest BCUT2D eigenvalue weighted by molar-refractivity contribution is -0.142. The number of nitrogens with zero attached hydrogens (tertiary/aromatic N) is 1. The maximum atomic E-state index is 13.3. The number of ether oxygens (including phenoxy) is 4. The maximum Gasteiger partial charge on any atom is 0.407 e. The molecule has 0 aliphatic carbocycles. The van der Waals surface area contributed by atoms with Gasteiger partial charge in [-0.15, -0.1) is 0 Å². The maximum absolute atomic E-state index is 13.3. The van der Waals surface area contributed by atoms with E-state index in [2.05, 4.69) is 10.6 Å². The summed E-state index contributed by atoms with van der Waals surface area (Å²) in [6.07, 6.45) is -0.577. The summed E-state index contributed by atoms with van der Waals surface area (Å²) in [6, 6.07) is 8.30. The van der Waals surface area contributed by atoms with Crippen molar-refractivity contribution in [3.8, 4) is 0 Å². The SMILES string of the molecule is CCSCCC(C(=O)NCC(CC(OC)OC)OC)N(C(=O)CNC(=O)OCc1ccccc1)C(C)C. The Morgan fingerprint density at radius 2 is 1.68 bits per heavy atom. The molecule has 210 valence electrons. The van der Waals surface area contributed by atoms with Crippen LogP contribution in [0.25, 0.3) is 0 Å². The number of benzene rings is 1. The van der Waals surface area contributed by atoms with E-state index in [0.29, 0.717) is 18.6 Å². The van der Waals surface area contributed by atoms with Gasteiger partial charge in [0, 0.05) is 40.3 Å². The van der Waals surface area contributed by atoms with Gasteiger partial charge in [-0.1, -0.05) is 37.3 Å². The number of methoxy groups -OCH3 is 3. The van der Waals surface area contributed by atoms with Crippen LogP contribution < -0.4 is 10.6 Å². The molecule has 2 atom stereocenters. The zero-order chi connectivity index (χ0) is 27.6. The van der Waals surface area contributed by atoms with E-state index in [4.69, 9.17) is 18.9 Å². The van der Waals surface area contributed by atoms with Gasteiger partial charge in [-0.3, -0.25) is 9.59 Å². The number of thioether (sulfide) groups is 1. The normalized spacial score (nSPS) is 12.8. The standard InChI is InChI=1S/C26H43N3O7S/c1-7-37-14-13-22(25(31)27-16-21(33-4)15-24(34-5)35-6)29(19(2)3)23(30)17-28-26(32)36-18-20-11-9-8-10-12-20/h8-12,19,21-22,24H,7,13-18H2,1-6H3,(H,27,31)(H,28,32). The average molecular weight is 542 g/mol. The van der Waals surface area contributed by atoms with Crippen molar-refractivity contribution in [2.45, 2.75) is 64.7 Å². The third-order valence-electron chi connectivity index (χ3n) is 5.64. The summed E-state index contributed by atoms with van der Waals surface area (Å²) in [7, 11) is 4.64. The van der Waals surface area contributed by atoms with Gasteiger partial charge >= 0.3 is 6.09 Å². The first-order valence-electron chi connectivity index (χ1n) is 12.5. The van der Waals surface area contributed by atoms with Gasteiger partial charge in [-0.05, 0) is 37.3 Å². The molecule has 0 saturated carbocycles. The van der Waals surface area contributed by atoms with Crippen molar-refractivity contribution in [3.05, 3.63) is 35.9 Å². The van der Waals surface area contributed by atoms with E-state index >= 15 is 0 Å². The van der Waals surface area contributed by atoms with Gasteiger partial charge in [-0.2, -0.15) is 11.8 Å². The van der Waals surface area contributed by atoms with E-state index in [1.165, 1.54) is 4.90 Å². The van der Waals surface area contributed by atoms with Crippen LogP contribution in [0.15, 0.2) is 30.3 Å². The average Bonchev–Trinajstić information content (AvgIpc) is 2.90. The van der Waals surface area contributed by atoms with Gasteiger partial charge in [-0.25, -0.2) is 4.79 Å². The first-order valence-corrected chi connectivity index (χ1v) is 13.6. The number of rotatable bonds is 18. The fraction of sp³-hybridized carbons (Fsp3) is 0.654. The largest absolute Gasteiger partial charge is 0.445 e. The van der Waals surface area contributed by atoms with Gasteiger partial charge in [0.2, 0.25) is 11.8 Å². The van der Waals surface area contributed by atoms with Crippen molar-refractivity contribution in [1.82, 2.24) is 15.5 Å². The molecule has 3 amide bonds. The molecule has 2 unspecified atom stereocenters. The third kappa shape index (κ3) is 12.6. The molecule has 37 heavy (non-hydrogen) atoms. The van der Waals surface area contributed by atoms with Crippen molar-refractivity contribution in [2.75, 3.05) is 45.9 Å². The van der Waals surface area contributed by atoms with Crippen LogP contribution >= 0.6 is 11.8 Å².